The summed E-state index contributed by atoms with van der Waals surface area (Å²) in [4.78, 5) is 19.6. The van der Waals surface area contributed by atoms with Crippen molar-refractivity contribution in [2.45, 2.75) is 0 Å². The summed E-state index contributed by atoms with van der Waals surface area (Å²) in [6, 6.07) is 50.5. The molecule has 10 aromatic rings. The molecule has 0 saturated heterocycles. The van der Waals surface area contributed by atoms with E-state index in [0.29, 0.717) is 17.5 Å². The van der Waals surface area contributed by atoms with Crippen molar-refractivity contribution in [1.29, 1.82) is 0 Å². The van der Waals surface area contributed by atoms with Crippen LogP contribution in [0.5, 0.6) is 0 Å². The van der Waals surface area contributed by atoms with Gasteiger partial charge in [0.1, 0.15) is 11.2 Å². The second kappa shape index (κ2) is 10.9. The quantitative estimate of drug-likeness (QED) is 0.194. The number of rotatable bonds is 4. The van der Waals surface area contributed by atoms with Gasteiger partial charge in [0.15, 0.2) is 17.5 Å². The van der Waals surface area contributed by atoms with Gasteiger partial charge in [-0.25, -0.2) is 15.0 Å². The molecule has 0 atom stereocenters. The van der Waals surface area contributed by atoms with Crippen molar-refractivity contribution in [3.63, 3.8) is 0 Å². The second-order valence-electron chi connectivity index (χ2n) is 12.3. The van der Waals surface area contributed by atoms with Crippen LogP contribution in [0.25, 0.3) is 99.5 Å². The van der Waals surface area contributed by atoms with Crippen molar-refractivity contribution in [2.24, 2.45) is 0 Å². The van der Waals surface area contributed by atoms with Crippen molar-refractivity contribution in [2.75, 3.05) is 0 Å². The number of hydrogen-bond acceptors (Lipinski definition) is 5. The van der Waals surface area contributed by atoms with Crippen LogP contribution < -0.4 is 0 Å². The molecule has 7 aromatic carbocycles. The van der Waals surface area contributed by atoms with Crippen LogP contribution in [0.15, 0.2) is 162 Å². The van der Waals surface area contributed by atoms with E-state index in [2.05, 4.69) is 138 Å². The van der Waals surface area contributed by atoms with Crippen molar-refractivity contribution >= 4 is 54.3 Å². The van der Waals surface area contributed by atoms with Crippen molar-refractivity contribution < 1.29 is 4.42 Å². The van der Waals surface area contributed by atoms with E-state index in [-0.39, 0.29) is 0 Å². The lowest BCUT2D eigenvalue weighted by Crippen LogP contribution is -2.00. The SMILES string of the molecule is c1ccc2cc(-c3nc(-c4ccc(-c5cccc6ccccc56)cc4)nc(-c4cccc5c4ccc4c6cnccc6oc54)n3)ccc2c1. The van der Waals surface area contributed by atoms with E-state index in [9.17, 15) is 0 Å². The maximum absolute atomic E-state index is 6.36. The Balaban J connectivity index is 1.16. The van der Waals surface area contributed by atoms with Crippen LogP contribution in [0.3, 0.4) is 0 Å². The Labute approximate surface area is 281 Å². The number of pyridine rings is 1. The highest BCUT2D eigenvalue weighted by atomic mass is 16.3. The van der Waals surface area contributed by atoms with Gasteiger partial charge in [0.05, 0.1) is 0 Å². The van der Waals surface area contributed by atoms with Crippen LogP contribution in [0.2, 0.25) is 0 Å². The summed E-state index contributed by atoms with van der Waals surface area (Å²) in [6.45, 7) is 0. The summed E-state index contributed by atoms with van der Waals surface area (Å²) in [5.41, 5.74) is 6.75. The third-order valence-electron chi connectivity index (χ3n) is 9.42. The van der Waals surface area contributed by atoms with Crippen LogP contribution >= 0.6 is 0 Å². The van der Waals surface area contributed by atoms with Gasteiger partial charge in [-0.1, -0.05) is 127 Å². The van der Waals surface area contributed by atoms with Crippen LogP contribution in [-0.2, 0) is 0 Å². The zero-order valence-corrected chi connectivity index (χ0v) is 26.2. The highest BCUT2D eigenvalue weighted by molar-refractivity contribution is 6.17. The van der Waals surface area contributed by atoms with E-state index in [1.165, 1.54) is 21.7 Å². The highest BCUT2D eigenvalue weighted by Gasteiger charge is 2.17. The maximum atomic E-state index is 6.36. The van der Waals surface area contributed by atoms with Gasteiger partial charge in [-0.3, -0.25) is 4.98 Å². The normalized spacial score (nSPS) is 11.7. The van der Waals surface area contributed by atoms with Gasteiger partial charge in [-0.15, -0.1) is 0 Å². The van der Waals surface area contributed by atoms with Gasteiger partial charge >= 0.3 is 0 Å². The summed E-state index contributed by atoms with van der Waals surface area (Å²) >= 11 is 0. The largest absolute Gasteiger partial charge is 0.455 e. The minimum absolute atomic E-state index is 0.606. The molecule has 10 rings (SSSR count). The zero-order valence-electron chi connectivity index (χ0n) is 26.2. The molecule has 0 N–H and O–H groups in total. The van der Waals surface area contributed by atoms with Gasteiger partial charge in [-0.05, 0) is 56.3 Å². The van der Waals surface area contributed by atoms with E-state index in [1.54, 1.807) is 6.20 Å². The predicted molar refractivity (Wildman–Crippen MR) is 199 cm³/mol. The molecule has 0 fully saturated rings. The molecule has 0 saturated carbocycles. The van der Waals surface area contributed by atoms with E-state index in [0.717, 1.165) is 60.4 Å². The lowest BCUT2D eigenvalue weighted by Gasteiger charge is -2.12. The first-order valence-corrected chi connectivity index (χ1v) is 16.3. The molecule has 0 radical (unpaired) electrons. The number of fused-ring (bicyclic) bond motifs is 7. The second-order valence-corrected chi connectivity index (χ2v) is 12.3. The van der Waals surface area contributed by atoms with E-state index < -0.39 is 0 Å². The zero-order chi connectivity index (χ0) is 32.3. The number of nitrogens with zero attached hydrogens (tertiary/aromatic N) is 4. The molecule has 0 unspecified atom stereocenters. The van der Waals surface area contributed by atoms with Gasteiger partial charge in [0.2, 0.25) is 0 Å². The molecule has 0 aliphatic rings. The first-order chi connectivity index (χ1) is 24.3. The van der Waals surface area contributed by atoms with E-state index in [4.69, 9.17) is 19.4 Å². The molecule has 0 aliphatic carbocycles. The Bertz CT molecular complexity index is 2890. The molecular weight excluding hydrogens is 601 g/mol. The summed E-state index contributed by atoms with van der Waals surface area (Å²) in [6.07, 6.45) is 3.62. The average Bonchev–Trinajstić information content (AvgIpc) is 3.56. The summed E-state index contributed by atoms with van der Waals surface area (Å²) in [5.74, 6) is 1.84. The van der Waals surface area contributed by atoms with Gasteiger partial charge in [-0.2, -0.15) is 0 Å². The molecular formula is C44H26N4O. The molecule has 3 heterocycles. The molecule has 0 spiro atoms. The van der Waals surface area contributed by atoms with E-state index in [1.807, 2.05) is 18.3 Å². The lowest BCUT2D eigenvalue weighted by molar-refractivity contribution is 0.672. The Morgan fingerprint density at radius 1 is 0.388 bits per heavy atom. The molecule has 228 valence electrons. The Morgan fingerprint density at radius 3 is 1.92 bits per heavy atom. The Hall–Kier alpha value is -6.72. The number of hydrogen-bond donors (Lipinski definition) is 0. The first kappa shape index (κ1) is 27.4. The molecule has 0 bridgehead atoms. The van der Waals surface area contributed by atoms with Crippen molar-refractivity contribution in [3.05, 3.63) is 158 Å². The summed E-state index contributed by atoms with van der Waals surface area (Å²) in [5, 5.41) is 8.79. The fourth-order valence-electron chi connectivity index (χ4n) is 6.99. The van der Waals surface area contributed by atoms with Crippen molar-refractivity contribution in [3.8, 4) is 45.3 Å². The van der Waals surface area contributed by atoms with E-state index >= 15 is 0 Å². The molecule has 5 heteroatoms. The first-order valence-electron chi connectivity index (χ1n) is 16.3. The molecule has 49 heavy (non-hydrogen) atoms. The predicted octanol–water partition coefficient (Wildman–Crippen LogP) is 11.3. The fourth-order valence-corrected chi connectivity index (χ4v) is 6.99. The topological polar surface area (TPSA) is 64.7 Å². The standard InChI is InChI=1S/C44H26N4O/c1-2-9-31-25-32(20-15-27(31)7-1)43-46-42(30-18-16-29(17-19-30)34-12-5-10-28-8-3-4-11-33(28)34)47-44(48-43)38-14-6-13-36-35(38)21-22-37-39-26-45-24-23-40(39)49-41(36)37/h1-26H. The monoisotopic (exact) mass is 626 g/mol. The third-order valence-corrected chi connectivity index (χ3v) is 9.42. The Morgan fingerprint density at radius 2 is 1.02 bits per heavy atom. The number of furan rings is 1. The maximum Gasteiger partial charge on any atom is 0.164 e. The smallest absolute Gasteiger partial charge is 0.164 e. The molecule has 0 amide bonds. The fraction of sp³-hybridized carbons (Fsp3) is 0. The van der Waals surface area contributed by atoms with Crippen LogP contribution in [0.4, 0.5) is 0 Å². The van der Waals surface area contributed by atoms with Gasteiger partial charge in [0.25, 0.3) is 0 Å². The van der Waals surface area contributed by atoms with Crippen LogP contribution in [-0.4, -0.2) is 19.9 Å². The van der Waals surface area contributed by atoms with Crippen LogP contribution in [0, 0.1) is 0 Å². The van der Waals surface area contributed by atoms with Gasteiger partial charge < -0.3 is 4.42 Å². The molecule has 3 aromatic heterocycles. The summed E-state index contributed by atoms with van der Waals surface area (Å²) < 4.78 is 6.36. The highest BCUT2D eigenvalue weighted by Crippen LogP contribution is 2.38. The minimum Gasteiger partial charge on any atom is -0.455 e. The third kappa shape index (κ3) is 4.55. The molecule has 0 aliphatic heterocycles. The summed E-state index contributed by atoms with van der Waals surface area (Å²) in [7, 11) is 0. The number of benzene rings is 7. The van der Waals surface area contributed by atoms with Crippen LogP contribution in [0.1, 0.15) is 0 Å². The van der Waals surface area contributed by atoms with Gasteiger partial charge in [0, 0.05) is 45.2 Å². The lowest BCUT2D eigenvalue weighted by atomic mass is 9.97. The average molecular weight is 627 g/mol. The minimum atomic E-state index is 0.606. The molecule has 5 nitrogen and oxygen atoms in total. The number of aromatic nitrogens is 4. The van der Waals surface area contributed by atoms with Crippen molar-refractivity contribution in [1.82, 2.24) is 19.9 Å². The Kier molecular flexibility index (Phi) is 6.11.